The summed E-state index contributed by atoms with van der Waals surface area (Å²) in [7, 11) is 0. The molecule has 0 aliphatic heterocycles. The second-order valence-corrected chi connectivity index (χ2v) is 19.1. The summed E-state index contributed by atoms with van der Waals surface area (Å²) >= 11 is 0. The summed E-state index contributed by atoms with van der Waals surface area (Å²) in [4.78, 5) is 54.9. The number of unbranched alkanes of at least 4 members (excludes halogenated alkanes) is 2. The van der Waals surface area contributed by atoms with Crippen molar-refractivity contribution in [3.05, 3.63) is 193 Å². The van der Waals surface area contributed by atoms with Gasteiger partial charge in [0.05, 0.1) is 60.0 Å². The molecule has 77 heavy (non-hydrogen) atoms. The lowest BCUT2D eigenvalue weighted by Gasteiger charge is -2.15. The maximum absolute atomic E-state index is 13.9. The second kappa shape index (κ2) is 25.5. The van der Waals surface area contributed by atoms with Crippen LogP contribution in [0.3, 0.4) is 0 Å². The highest BCUT2D eigenvalue weighted by Gasteiger charge is 2.21. The second-order valence-electron chi connectivity index (χ2n) is 19.1. The number of nitrogens with one attached hydrogen (secondary N) is 1. The van der Waals surface area contributed by atoms with Gasteiger partial charge in [0, 0.05) is 29.5 Å². The van der Waals surface area contributed by atoms with Gasteiger partial charge in [0.15, 0.2) is 11.5 Å². The number of benzene rings is 4. The number of tetrazole rings is 1. The number of nitrogens with zero attached hydrogens (tertiary/aromatic N) is 12. The number of rotatable bonds is 19. The molecule has 17 nitrogen and oxygen atoms in total. The van der Waals surface area contributed by atoms with Gasteiger partial charge >= 0.3 is 0 Å². The summed E-state index contributed by atoms with van der Waals surface area (Å²) in [6.45, 7) is 15.6. The molecule has 0 radical (unpaired) electrons. The first kappa shape index (κ1) is 54.2. The summed E-state index contributed by atoms with van der Waals surface area (Å²) in [5.74, 6) is 3.32. The van der Waals surface area contributed by atoms with E-state index in [1.165, 1.54) is 9.13 Å². The maximum Gasteiger partial charge on any atom is 0.264 e. The molecule has 0 saturated carbocycles. The van der Waals surface area contributed by atoms with Crippen molar-refractivity contribution in [2.75, 3.05) is 0 Å². The highest BCUT2D eigenvalue weighted by Crippen LogP contribution is 2.31. The first-order chi connectivity index (χ1) is 37.3. The summed E-state index contributed by atoms with van der Waals surface area (Å²) in [5.41, 5.74) is 10.0. The molecule has 0 aliphatic carbocycles. The first-order valence-corrected chi connectivity index (χ1v) is 26.1. The Hall–Kier alpha value is -9.04. The number of aryl methyl sites for hydroxylation is 4. The van der Waals surface area contributed by atoms with Crippen LogP contribution < -0.4 is 20.6 Å². The third-order valence-electron chi connectivity index (χ3n) is 12.6. The quantitative estimate of drug-likeness (QED) is 0.0797. The van der Waals surface area contributed by atoms with Gasteiger partial charge in [-0.3, -0.25) is 9.59 Å². The van der Waals surface area contributed by atoms with Crippen LogP contribution >= 0.6 is 0 Å². The third-order valence-corrected chi connectivity index (χ3v) is 12.6. The van der Waals surface area contributed by atoms with E-state index >= 15 is 0 Å². The van der Waals surface area contributed by atoms with E-state index in [1.54, 1.807) is 24.8 Å². The van der Waals surface area contributed by atoms with Crippen LogP contribution in [0.15, 0.2) is 131 Å². The fraction of sp³-hybridized carbons (Fsp3) is 0.300. The van der Waals surface area contributed by atoms with Gasteiger partial charge in [-0.15, -0.1) is 10.2 Å². The molecule has 0 saturated heterocycles. The highest BCUT2D eigenvalue weighted by atomic mass is 16.5. The fourth-order valence-electron chi connectivity index (χ4n) is 8.93. The molecule has 17 heteroatoms. The fourth-order valence-corrected chi connectivity index (χ4v) is 8.93. The number of aromatic amines is 1. The SMILES string of the molecule is CCCCc1nc(C)n(-c2ncc(OC(C)C)cn2)c(=O)c1Cc1ccc(-c2ccccc2-c2nn[nH]n2)cc1.CCCCc1nc(C)n(-c2ncc(OC(C)C)cn2)c(=O)c1Cc1ccc(-c2ccccc2C#N)cc1. The molecule has 0 bridgehead atoms. The first-order valence-electron chi connectivity index (χ1n) is 26.1. The minimum atomic E-state index is -0.157. The van der Waals surface area contributed by atoms with Gasteiger partial charge in [-0.1, -0.05) is 118 Å². The lowest BCUT2D eigenvalue weighted by molar-refractivity contribution is 0.240. The molecule has 0 fully saturated rings. The van der Waals surface area contributed by atoms with Crippen LogP contribution in [-0.4, -0.2) is 71.9 Å². The Kier molecular flexibility index (Phi) is 17.9. The van der Waals surface area contributed by atoms with E-state index in [1.807, 2.05) is 126 Å². The summed E-state index contributed by atoms with van der Waals surface area (Å²) in [5, 5.41) is 23.9. The standard InChI is InChI=1S/C30H32N8O2.C30H31N5O2/c1-5-6-11-27-26(29(39)38(20(4)33-27)30-31-17-23(18-32-30)40-19(2)3)16-21-12-14-22(15-13-21)24-9-7-8-10-25(24)28-34-36-37-35-28;1-5-6-11-28-27(16-22-12-14-23(15-13-22)26-10-8-7-9-24(26)17-31)29(36)35(21(4)34-28)30-32-18-25(19-33-30)37-20(2)3/h7-10,12-15,17-19H,5-6,11,16H2,1-4H3,(H,34,35,36,37);7-10,12-15,18-20H,5-6,11,16H2,1-4H3. The van der Waals surface area contributed by atoms with E-state index in [0.29, 0.717) is 58.5 Å². The molecule has 5 aromatic heterocycles. The number of ether oxygens (including phenoxy) is 2. The monoisotopic (exact) mass is 1030 g/mol. The normalized spacial score (nSPS) is 11.1. The van der Waals surface area contributed by atoms with E-state index in [2.05, 4.69) is 72.6 Å². The van der Waals surface area contributed by atoms with E-state index in [9.17, 15) is 14.9 Å². The van der Waals surface area contributed by atoms with E-state index < -0.39 is 0 Å². The number of hydrogen-bond donors (Lipinski definition) is 1. The lowest BCUT2D eigenvalue weighted by Crippen LogP contribution is -2.29. The van der Waals surface area contributed by atoms with Crippen molar-refractivity contribution in [3.63, 3.8) is 0 Å². The highest BCUT2D eigenvalue weighted by molar-refractivity contribution is 5.80. The maximum atomic E-state index is 13.9. The molecule has 5 heterocycles. The lowest BCUT2D eigenvalue weighted by atomic mass is 9.96. The number of nitriles is 1. The number of H-pyrrole nitrogens is 1. The van der Waals surface area contributed by atoms with Crippen molar-refractivity contribution in [3.8, 4) is 63.1 Å². The Balaban J connectivity index is 0.000000204. The largest absolute Gasteiger partial charge is 0.488 e. The Morgan fingerprint density at radius 1 is 0.584 bits per heavy atom. The van der Waals surface area contributed by atoms with Crippen molar-refractivity contribution in [1.82, 2.24) is 59.7 Å². The van der Waals surface area contributed by atoms with Gasteiger partial charge in [-0.2, -0.15) is 10.5 Å². The molecule has 392 valence electrons. The van der Waals surface area contributed by atoms with Crippen LogP contribution in [0.4, 0.5) is 0 Å². The third kappa shape index (κ3) is 13.3. The summed E-state index contributed by atoms with van der Waals surface area (Å²) in [6, 6.07) is 33.9. The van der Waals surface area contributed by atoms with Gasteiger partial charge in [0.25, 0.3) is 11.1 Å². The van der Waals surface area contributed by atoms with Crippen molar-refractivity contribution in [2.24, 2.45) is 0 Å². The van der Waals surface area contributed by atoms with Crippen LogP contribution in [0.2, 0.25) is 0 Å². The zero-order chi connectivity index (χ0) is 54.4. The minimum Gasteiger partial charge on any atom is -0.488 e. The van der Waals surface area contributed by atoms with Crippen LogP contribution in [0, 0.1) is 25.2 Å². The Bertz CT molecular complexity index is 3570. The van der Waals surface area contributed by atoms with E-state index in [4.69, 9.17) is 19.4 Å². The molecule has 0 unspecified atom stereocenters. The van der Waals surface area contributed by atoms with Crippen molar-refractivity contribution in [2.45, 2.75) is 119 Å². The topological polar surface area (TPSA) is 218 Å². The Morgan fingerprint density at radius 3 is 1.43 bits per heavy atom. The van der Waals surface area contributed by atoms with Gasteiger partial charge in [-0.25, -0.2) is 39.0 Å². The van der Waals surface area contributed by atoms with Crippen molar-refractivity contribution < 1.29 is 9.47 Å². The minimum absolute atomic E-state index is 0.00359. The van der Waals surface area contributed by atoms with Crippen LogP contribution in [0.25, 0.3) is 45.5 Å². The van der Waals surface area contributed by atoms with Crippen LogP contribution in [0.1, 0.15) is 118 Å². The molecule has 9 aromatic rings. The zero-order valence-electron chi connectivity index (χ0n) is 44.9. The van der Waals surface area contributed by atoms with Crippen molar-refractivity contribution in [1.29, 1.82) is 5.26 Å². The summed E-state index contributed by atoms with van der Waals surface area (Å²) < 4.78 is 14.3. The average molecular weight is 1030 g/mol. The molecule has 0 amide bonds. The molecule has 0 aliphatic rings. The Labute approximate surface area is 448 Å². The smallest absolute Gasteiger partial charge is 0.264 e. The van der Waals surface area contributed by atoms with Crippen molar-refractivity contribution >= 4 is 0 Å². The molecular weight excluding hydrogens is 967 g/mol. The van der Waals surface area contributed by atoms with Gasteiger partial charge < -0.3 is 9.47 Å². The van der Waals surface area contributed by atoms with Gasteiger partial charge in [0.2, 0.25) is 17.7 Å². The van der Waals surface area contributed by atoms with Gasteiger partial charge in [0.1, 0.15) is 11.6 Å². The van der Waals surface area contributed by atoms with E-state index in [0.717, 1.165) is 88.9 Å². The number of aromatic nitrogens is 12. The molecule has 0 atom stereocenters. The van der Waals surface area contributed by atoms with Gasteiger partial charge in [-0.05, 0) is 112 Å². The molecule has 9 rings (SSSR count). The zero-order valence-corrected chi connectivity index (χ0v) is 44.9. The van der Waals surface area contributed by atoms with E-state index in [-0.39, 0.29) is 35.2 Å². The van der Waals surface area contributed by atoms with Crippen LogP contribution in [-0.2, 0) is 25.7 Å². The molecular formula is C60H63N13O4. The molecule has 1 N–H and O–H groups in total. The number of hydrogen-bond acceptors (Lipinski definition) is 14. The molecule has 4 aromatic carbocycles. The summed E-state index contributed by atoms with van der Waals surface area (Å²) in [6.07, 6.45) is 12.6. The predicted molar refractivity (Wildman–Crippen MR) is 296 cm³/mol. The molecule has 0 spiro atoms. The van der Waals surface area contributed by atoms with Crippen LogP contribution in [0.5, 0.6) is 11.5 Å². The predicted octanol–water partition coefficient (Wildman–Crippen LogP) is 10.5. The Morgan fingerprint density at radius 2 is 1.01 bits per heavy atom. The average Bonchev–Trinajstić information content (AvgIpc) is 3.99.